The molecular weight excluding hydrogens is 410 g/mol. The highest BCUT2D eigenvalue weighted by molar-refractivity contribution is 5.85. The van der Waals surface area contributed by atoms with E-state index >= 15 is 0 Å². The maximum Gasteiger partial charge on any atom is 0.314 e. The van der Waals surface area contributed by atoms with Crippen LogP contribution in [0.3, 0.4) is 0 Å². The minimum absolute atomic E-state index is 0. The van der Waals surface area contributed by atoms with Crippen LogP contribution < -0.4 is 4.74 Å². The van der Waals surface area contributed by atoms with E-state index < -0.39 is 0 Å². The normalized spacial score (nSPS) is 19.2. The van der Waals surface area contributed by atoms with E-state index in [-0.39, 0.29) is 41.5 Å². The molecule has 31 heavy (non-hydrogen) atoms. The fourth-order valence-electron chi connectivity index (χ4n) is 4.63. The second kappa shape index (κ2) is 10.1. The van der Waals surface area contributed by atoms with Crippen LogP contribution in [0.4, 0.5) is 0 Å². The molecule has 1 heterocycles. The van der Waals surface area contributed by atoms with E-state index in [1.807, 2.05) is 54.6 Å². The molecule has 0 spiro atoms. The van der Waals surface area contributed by atoms with Gasteiger partial charge in [-0.15, -0.1) is 12.4 Å². The minimum atomic E-state index is -0.328. The summed E-state index contributed by atoms with van der Waals surface area (Å²) in [4.78, 5) is 15.8. The molecule has 3 rings (SSSR count). The van der Waals surface area contributed by atoms with E-state index in [1.165, 1.54) is 0 Å². The smallest absolute Gasteiger partial charge is 0.314 e. The molecule has 0 amide bonds. The standard InChI is InChI=1S/C26H35NO3.ClH/c1-25(2)17-22(18-26(3,4)27(25)5)30-24(28)23(20-10-8-7-9-11-20)16-19-12-14-21(29-6)15-13-19;/h7-15,22-23H,16-18H2,1-6H3;1H. The highest BCUT2D eigenvalue weighted by atomic mass is 35.5. The lowest BCUT2D eigenvalue weighted by Gasteiger charge is -2.53. The van der Waals surface area contributed by atoms with E-state index in [0.29, 0.717) is 6.42 Å². The lowest BCUT2D eigenvalue weighted by molar-refractivity contribution is -0.160. The first-order chi connectivity index (χ1) is 14.1. The van der Waals surface area contributed by atoms with Gasteiger partial charge in [0.2, 0.25) is 0 Å². The zero-order valence-corrected chi connectivity index (χ0v) is 20.4. The molecule has 1 saturated heterocycles. The van der Waals surface area contributed by atoms with Crippen molar-refractivity contribution >= 4 is 18.4 Å². The van der Waals surface area contributed by atoms with Crippen LogP contribution in [-0.2, 0) is 16.0 Å². The SMILES string of the molecule is COc1ccc(CC(C(=O)OC2CC(C)(C)N(C)C(C)(C)C2)c2ccccc2)cc1.Cl. The molecule has 2 aromatic rings. The summed E-state index contributed by atoms with van der Waals surface area (Å²) in [6.07, 6.45) is 2.19. The molecule has 1 fully saturated rings. The quantitative estimate of drug-likeness (QED) is 0.539. The van der Waals surface area contributed by atoms with Gasteiger partial charge in [-0.2, -0.15) is 0 Å². The Morgan fingerprint density at radius 2 is 1.55 bits per heavy atom. The minimum Gasteiger partial charge on any atom is -0.497 e. The first kappa shape index (κ1) is 25.2. The van der Waals surface area contributed by atoms with Gasteiger partial charge >= 0.3 is 5.97 Å². The Morgan fingerprint density at radius 3 is 2.06 bits per heavy atom. The summed E-state index contributed by atoms with van der Waals surface area (Å²) >= 11 is 0. The number of rotatable bonds is 6. The molecule has 0 radical (unpaired) electrons. The van der Waals surface area contributed by atoms with Crippen molar-refractivity contribution in [1.29, 1.82) is 0 Å². The summed E-state index contributed by atoms with van der Waals surface area (Å²) in [6.45, 7) is 8.89. The van der Waals surface area contributed by atoms with Crippen molar-refractivity contribution in [2.75, 3.05) is 14.2 Å². The molecule has 0 aliphatic carbocycles. The van der Waals surface area contributed by atoms with Gasteiger partial charge in [-0.05, 0) is 64.4 Å². The van der Waals surface area contributed by atoms with Gasteiger partial charge < -0.3 is 9.47 Å². The molecule has 0 aromatic heterocycles. The fourth-order valence-corrected chi connectivity index (χ4v) is 4.63. The second-order valence-corrected chi connectivity index (χ2v) is 9.67. The van der Waals surface area contributed by atoms with Crippen molar-refractivity contribution in [2.24, 2.45) is 0 Å². The van der Waals surface area contributed by atoms with Crippen LogP contribution >= 0.6 is 12.4 Å². The summed E-state index contributed by atoms with van der Waals surface area (Å²) in [5.74, 6) is 0.344. The lowest BCUT2D eigenvalue weighted by atomic mass is 9.78. The van der Waals surface area contributed by atoms with Crippen LogP contribution in [0.2, 0.25) is 0 Å². The van der Waals surface area contributed by atoms with Crippen LogP contribution in [0.1, 0.15) is 57.6 Å². The van der Waals surface area contributed by atoms with Crippen LogP contribution in [0.15, 0.2) is 54.6 Å². The Balaban J connectivity index is 0.00000341. The molecule has 2 aromatic carbocycles. The van der Waals surface area contributed by atoms with Gasteiger partial charge in [0.05, 0.1) is 13.0 Å². The van der Waals surface area contributed by atoms with Crippen LogP contribution in [-0.4, -0.2) is 42.2 Å². The number of nitrogens with zero attached hydrogens (tertiary/aromatic N) is 1. The molecule has 1 aliphatic rings. The van der Waals surface area contributed by atoms with Gasteiger partial charge in [-0.25, -0.2) is 0 Å². The van der Waals surface area contributed by atoms with Crippen molar-refractivity contribution in [3.63, 3.8) is 0 Å². The van der Waals surface area contributed by atoms with E-state index in [4.69, 9.17) is 9.47 Å². The van der Waals surface area contributed by atoms with Gasteiger partial charge in [0.15, 0.2) is 0 Å². The molecule has 4 nitrogen and oxygen atoms in total. The monoisotopic (exact) mass is 445 g/mol. The third kappa shape index (κ3) is 6.02. The largest absolute Gasteiger partial charge is 0.497 e. The molecule has 1 unspecified atom stereocenters. The van der Waals surface area contributed by atoms with Gasteiger partial charge in [0.1, 0.15) is 11.9 Å². The number of likely N-dealkylation sites (tertiary alicyclic amines) is 1. The van der Waals surface area contributed by atoms with Gasteiger partial charge in [-0.3, -0.25) is 9.69 Å². The Morgan fingerprint density at radius 1 is 1.00 bits per heavy atom. The zero-order valence-electron chi connectivity index (χ0n) is 19.6. The number of hydrogen-bond donors (Lipinski definition) is 0. The predicted molar refractivity (Wildman–Crippen MR) is 128 cm³/mol. The second-order valence-electron chi connectivity index (χ2n) is 9.67. The molecule has 0 N–H and O–H groups in total. The first-order valence-electron chi connectivity index (χ1n) is 10.7. The van der Waals surface area contributed by atoms with Gasteiger partial charge in [0, 0.05) is 23.9 Å². The van der Waals surface area contributed by atoms with E-state index in [2.05, 4.69) is 39.6 Å². The summed E-state index contributed by atoms with van der Waals surface area (Å²) in [5.41, 5.74) is 2.03. The molecule has 170 valence electrons. The number of carbonyl (C=O) groups is 1. The molecule has 0 saturated carbocycles. The number of halogens is 1. The number of carbonyl (C=O) groups excluding carboxylic acids is 1. The molecule has 1 atom stereocenters. The third-order valence-corrected chi connectivity index (χ3v) is 6.64. The maximum absolute atomic E-state index is 13.4. The van der Waals surface area contributed by atoms with Crippen molar-refractivity contribution in [1.82, 2.24) is 4.90 Å². The van der Waals surface area contributed by atoms with Crippen LogP contribution in [0.25, 0.3) is 0 Å². The summed E-state index contributed by atoms with van der Waals surface area (Å²) < 4.78 is 11.4. The molecule has 1 aliphatic heterocycles. The Kier molecular flexibility index (Phi) is 8.18. The maximum atomic E-state index is 13.4. The highest BCUT2D eigenvalue weighted by Gasteiger charge is 2.44. The summed E-state index contributed by atoms with van der Waals surface area (Å²) in [6, 6.07) is 17.9. The molecular formula is C26H36ClNO3. The topological polar surface area (TPSA) is 38.8 Å². The first-order valence-corrected chi connectivity index (χ1v) is 10.7. The van der Waals surface area contributed by atoms with Crippen LogP contribution in [0.5, 0.6) is 5.75 Å². The zero-order chi connectivity index (χ0) is 21.9. The Labute approximate surface area is 193 Å². The van der Waals surface area contributed by atoms with Crippen molar-refractivity contribution in [3.05, 3.63) is 65.7 Å². The van der Waals surface area contributed by atoms with Crippen molar-refractivity contribution < 1.29 is 14.3 Å². The van der Waals surface area contributed by atoms with Crippen molar-refractivity contribution in [2.45, 2.75) is 70.1 Å². The lowest BCUT2D eigenvalue weighted by Crippen LogP contribution is -2.60. The Hall–Kier alpha value is -2.04. The Bertz CT molecular complexity index is 831. The van der Waals surface area contributed by atoms with E-state index in [1.54, 1.807) is 7.11 Å². The highest BCUT2D eigenvalue weighted by Crippen LogP contribution is 2.39. The third-order valence-electron chi connectivity index (χ3n) is 6.64. The van der Waals surface area contributed by atoms with E-state index in [9.17, 15) is 4.79 Å². The number of hydrogen-bond acceptors (Lipinski definition) is 4. The average molecular weight is 446 g/mol. The number of benzene rings is 2. The van der Waals surface area contributed by atoms with Crippen LogP contribution in [0, 0.1) is 0 Å². The van der Waals surface area contributed by atoms with Gasteiger partial charge in [0.25, 0.3) is 0 Å². The molecule has 5 heteroatoms. The molecule has 0 bridgehead atoms. The van der Waals surface area contributed by atoms with Crippen molar-refractivity contribution in [3.8, 4) is 5.75 Å². The summed E-state index contributed by atoms with van der Waals surface area (Å²) in [5, 5.41) is 0. The predicted octanol–water partition coefficient (Wildman–Crippen LogP) is 5.64. The average Bonchev–Trinajstić information content (AvgIpc) is 2.70. The number of methoxy groups -OCH3 is 1. The fraction of sp³-hybridized carbons (Fsp3) is 0.500. The van der Waals surface area contributed by atoms with Gasteiger partial charge in [-0.1, -0.05) is 42.5 Å². The number of piperidine rings is 1. The summed E-state index contributed by atoms with van der Waals surface area (Å²) in [7, 11) is 3.82. The van der Waals surface area contributed by atoms with E-state index in [0.717, 1.165) is 29.7 Å². The number of esters is 1. The number of ether oxygens (including phenoxy) is 2.